The Hall–Kier alpha value is -2.99. The Kier molecular flexibility index (Phi) is 6.11. The molecule has 1 amide bonds. The van der Waals surface area contributed by atoms with Gasteiger partial charge in [-0.05, 0) is 59.0 Å². The largest absolute Gasteiger partial charge is 0.489 e. The molecule has 6 heteroatoms. The van der Waals surface area contributed by atoms with E-state index in [-0.39, 0.29) is 11.7 Å². The van der Waals surface area contributed by atoms with Gasteiger partial charge in [-0.3, -0.25) is 4.79 Å². The number of benzene rings is 2. The first-order valence-corrected chi connectivity index (χ1v) is 8.88. The lowest BCUT2D eigenvalue weighted by Crippen LogP contribution is -2.19. The molecule has 0 spiro atoms. The fourth-order valence-corrected chi connectivity index (χ4v) is 2.89. The molecule has 4 nitrogen and oxygen atoms in total. The average molecular weight is 368 g/mol. The van der Waals surface area contributed by atoms with Crippen LogP contribution in [-0.4, -0.2) is 12.1 Å². The van der Waals surface area contributed by atoms with Gasteiger partial charge >= 0.3 is 0 Å². The van der Waals surface area contributed by atoms with Gasteiger partial charge in [-0.15, -0.1) is 11.3 Å². The van der Waals surface area contributed by atoms with E-state index in [1.54, 1.807) is 29.7 Å². The second-order valence-corrected chi connectivity index (χ2v) is 6.57. The van der Waals surface area contributed by atoms with E-state index in [4.69, 9.17) is 4.74 Å². The van der Waals surface area contributed by atoms with E-state index in [2.05, 4.69) is 10.5 Å². The highest BCUT2D eigenvalue weighted by Crippen LogP contribution is 2.14. The highest BCUT2D eigenvalue weighted by molar-refractivity contribution is 7.10. The molecule has 3 aromatic rings. The van der Waals surface area contributed by atoms with Crippen LogP contribution in [0.3, 0.4) is 0 Å². The number of halogens is 1. The number of hydrogen-bond acceptors (Lipinski definition) is 4. The van der Waals surface area contributed by atoms with Crippen LogP contribution >= 0.6 is 11.3 Å². The minimum atomic E-state index is -0.264. The Morgan fingerprint density at radius 2 is 1.88 bits per heavy atom. The van der Waals surface area contributed by atoms with Crippen molar-refractivity contribution in [1.82, 2.24) is 5.43 Å². The molecule has 0 atom stereocenters. The summed E-state index contributed by atoms with van der Waals surface area (Å²) in [5, 5.41) is 5.89. The van der Waals surface area contributed by atoms with E-state index in [1.807, 2.05) is 41.8 Å². The molecule has 1 N–H and O–H groups in total. The lowest BCUT2D eigenvalue weighted by atomic mass is 10.2. The number of hydrogen-bond donors (Lipinski definition) is 1. The van der Waals surface area contributed by atoms with Crippen LogP contribution in [0.2, 0.25) is 0 Å². The smallest absolute Gasteiger partial charge is 0.245 e. The number of carbonyl (C=O) groups is 1. The van der Waals surface area contributed by atoms with Gasteiger partial charge in [0.05, 0.1) is 12.6 Å². The number of amides is 1. The van der Waals surface area contributed by atoms with Gasteiger partial charge in [0.25, 0.3) is 0 Å². The van der Waals surface area contributed by atoms with Crippen molar-refractivity contribution < 1.29 is 13.9 Å². The van der Waals surface area contributed by atoms with Crippen LogP contribution in [0, 0.1) is 5.82 Å². The number of nitrogens with one attached hydrogen (secondary N) is 1. The van der Waals surface area contributed by atoms with Crippen LogP contribution < -0.4 is 10.2 Å². The van der Waals surface area contributed by atoms with Gasteiger partial charge in [-0.1, -0.05) is 18.2 Å². The maximum Gasteiger partial charge on any atom is 0.245 e. The monoisotopic (exact) mass is 368 g/mol. The average Bonchev–Trinajstić information content (AvgIpc) is 3.15. The van der Waals surface area contributed by atoms with Gasteiger partial charge < -0.3 is 4.74 Å². The van der Waals surface area contributed by atoms with E-state index in [1.165, 1.54) is 12.1 Å². The number of thiophene rings is 1. The second-order valence-electron chi connectivity index (χ2n) is 5.53. The SMILES string of the molecule is O=C(Cc1cccs1)N/N=C\c1ccc(OCc2ccc(F)cc2)cc1. The van der Waals surface area contributed by atoms with Crippen LogP contribution in [0.1, 0.15) is 16.0 Å². The van der Waals surface area contributed by atoms with Gasteiger partial charge in [-0.25, -0.2) is 9.82 Å². The number of ether oxygens (including phenoxy) is 1. The highest BCUT2D eigenvalue weighted by Gasteiger charge is 2.02. The molecule has 0 aliphatic rings. The maximum absolute atomic E-state index is 12.9. The molecule has 0 saturated carbocycles. The molecule has 0 aliphatic carbocycles. The van der Waals surface area contributed by atoms with E-state index >= 15 is 0 Å². The quantitative estimate of drug-likeness (QED) is 0.503. The summed E-state index contributed by atoms with van der Waals surface area (Å²) in [5.74, 6) is 0.288. The van der Waals surface area contributed by atoms with Crippen LogP contribution in [0.4, 0.5) is 4.39 Å². The summed E-state index contributed by atoms with van der Waals surface area (Å²) in [6, 6.07) is 17.3. The lowest BCUT2D eigenvalue weighted by Gasteiger charge is -2.06. The molecular formula is C20H17FN2O2S. The zero-order valence-corrected chi connectivity index (χ0v) is 14.7. The fraction of sp³-hybridized carbons (Fsp3) is 0.100. The summed E-state index contributed by atoms with van der Waals surface area (Å²) in [6.07, 6.45) is 1.90. The zero-order valence-electron chi connectivity index (χ0n) is 13.9. The number of rotatable bonds is 7. The van der Waals surface area contributed by atoms with Crippen molar-refractivity contribution >= 4 is 23.5 Å². The maximum atomic E-state index is 12.9. The van der Waals surface area contributed by atoms with Gasteiger partial charge in [0.15, 0.2) is 0 Å². The molecule has 0 saturated heterocycles. The Labute approximate surface area is 155 Å². The molecule has 0 fully saturated rings. The standard InChI is InChI=1S/C20H17FN2O2S/c21-17-7-3-16(4-8-17)14-25-18-9-5-15(6-10-18)13-22-23-20(24)12-19-2-1-11-26-19/h1-11,13H,12,14H2,(H,23,24)/b22-13-. The second kappa shape index (κ2) is 8.92. The van der Waals surface area contributed by atoms with Crippen LogP contribution in [0.15, 0.2) is 71.1 Å². The summed E-state index contributed by atoms with van der Waals surface area (Å²) in [5.41, 5.74) is 4.25. The number of carbonyl (C=O) groups excluding carboxylic acids is 1. The first-order chi connectivity index (χ1) is 12.7. The van der Waals surface area contributed by atoms with Gasteiger partial charge in [0.1, 0.15) is 18.2 Å². The summed E-state index contributed by atoms with van der Waals surface area (Å²) in [6.45, 7) is 0.368. The van der Waals surface area contributed by atoms with Crippen molar-refractivity contribution in [2.45, 2.75) is 13.0 Å². The minimum Gasteiger partial charge on any atom is -0.489 e. The predicted octanol–water partition coefficient (Wildman–Crippen LogP) is 4.16. The Bertz CT molecular complexity index is 860. The summed E-state index contributed by atoms with van der Waals surface area (Å²) < 4.78 is 18.5. The van der Waals surface area contributed by atoms with Crippen molar-refractivity contribution in [1.29, 1.82) is 0 Å². The molecule has 26 heavy (non-hydrogen) atoms. The third-order valence-electron chi connectivity index (χ3n) is 3.52. The first kappa shape index (κ1) is 17.8. The molecule has 1 aromatic heterocycles. The fourth-order valence-electron chi connectivity index (χ4n) is 2.19. The van der Waals surface area contributed by atoms with Gasteiger partial charge in [-0.2, -0.15) is 5.10 Å². The van der Waals surface area contributed by atoms with Crippen LogP contribution in [-0.2, 0) is 17.8 Å². The first-order valence-electron chi connectivity index (χ1n) is 8.00. The molecule has 1 heterocycles. The van der Waals surface area contributed by atoms with Gasteiger partial charge in [0.2, 0.25) is 5.91 Å². The van der Waals surface area contributed by atoms with Crippen molar-refractivity contribution in [2.24, 2.45) is 5.10 Å². The molecular weight excluding hydrogens is 351 g/mol. The molecule has 0 radical (unpaired) electrons. The summed E-state index contributed by atoms with van der Waals surface area (Å²) in [7, 11) is 0. The summed E-state index contributed by atoms with van der Waals surface area (Å²) in [4.78, 5) is 12.7. The molecule has 3 rings (SSSR count). The Balaban J connectivity index is 1.46. The Morgan fingerprint density at radius 3 is 2.58 bits per heavy atom. The number of hydrazone groups is 1. The lowest BCUT2D eigenvalue weighted by molar-refractivity contribution is -0.120. The molecule has 2 aromatic carbocycles. The van der Waals surface area contributed by atoms with Crippen molar-refractivity contribution in [2.75, 3.05) is 0 Å². The molecule has 0 unspecified atom stereocenters. The minimum absolute atomic E-state index is 0.150. The number of nitrogens with zero attached hydrogens (tertiary/aromatic N) is 1. The van der Waals surface area contributed by atoms with E-state index in [9.17, 15) is 9.18 Å². The van der Waals surface area contributed by atoms with Crippen molar-refractivity contribution in [3.8, 4) is 5.75 Å². The van der Waals surface area contributed by atoms with Crippen LogP contribution in [0.25, 0.3) is 0 Å². The normalized spacial score (nSPS) is 10.8. The van der Waals surface area contributed by atoms with E-state index < -0.39 is 0 Å². The molecule has 0 aliphatic heterocycles. The third kappa shape index (κ3) is 5.53. The summed E-state index contributed by atoms with van der Waals surface area (Å²) >= 11 is 1.54. The zero-order chi connectivity index (χ0) is 18.2. The molecule has 0 bridgehead atoms. The topological polar surface area (TPSA) is 50.7 Å². The highest BCUT2D eigenvalue weighted by atomic mass is 32.1. The van der Waals surface area contributed by atoms with Crippen molar-refractivity contribution in [3.63, 3.8) is 0 Å². The Morgan fingerprint density at radius 1 is 1.12 bits per heavy atom. The molecule has 132 valence electrons. The third-order valence-corrected chi connectivity index (χ3v) is 4.39. The van der Waals surface area contributed by atoms with Crippen molar-refractivity contribution in [3.05, 3.63) is 87.9 Å². The van der Waals surface area contributed by atoms with Gasteiger partial charge in [0, 0.05) is 4.88 Å². The predicted molar refractivity (Wildman–Crippen MR) is 101 cm³/mol. The van der Waals surface area contributed by atoms with Crippen LogP contribution in [0.5, 0.6) is 5.75 Å². The van der Waals surface area contributed by atoms with E-state index in [0.717, 1.165) is 16.0 Å². The van der Waals surface area contributed by atoms with E-state index in [0.29, 0.717) is 18.8 Å².